The standard InChI is InChI=1S/C9H7F3N2/c1-14(6-13)8-5-3-2-4-7(8)9(10,11)12/h2-5H,1H3. The van der Waals surface area contributed by atoms with Crippen molar-refractivity contribution in [2.75, 3.05) is 11.9 Å². The zero-order valence-corrected chi connectivity index (χ0v) is 7.34. The van der Waals surface area contributed by atoms with E-state index >= 15 is 0 Å². The topological polar surface area (TPSA) is 27.0 Å². The Kier molecular flexibility index (Phi) is 2.65. The van der Waals surface area contributed by atoms with Crippen LogP contribution in [0.3, 0.4) is 0 Å². The summed E-state index contributed by atoms with van der Waals surface area (Å²) in [5.41, 5.74) is -0.938. The van der Waals surface area contributed by atoms with Gasteiger partial charge < -0.3 is 0 Å². The van der Waals surface area contributed by atoms with Crippen molar-refractivity contribution < 1.29 is 13.2 Å². The van der Waals surface area contributed by atoms with E-state index in [1.165, 1.54) is 25.2 Å². The lowest BCUT2D eigenvalue weighted by Crippen LogP contribution is -2.15. The minimum atomic E-state index is -4.43. The molecule has 14 heavy (non-hydrogen) atoms. The SMILES string of the molecule is CN(C#N)c1ccccc1C(F)(F)F. The summed E-state index contributed by atoms with van der Waals surface area (Å²) >= 11 is 0. The van der Waals surface area contributed by atoms with Crippen LogP contribution in [0.15, 0.2) is 24.3 Å². The fraction of sp³-hybridized carbons (Fsp3) is 0.222. The molecular formula is C9H7F3N2. The third kappa shape index (κ3) is 1.96. The molecule has 2 nitrogen and oxygen atoms in total. The van der Waals surface area contributed by atoms with Gasteiger partial charge in [-0.15, -0.1) is 0 Å². The summed E-state index contributed by atoms with van der Waals surface area (Å²) in [7, 11) is 1.28. The summed E-state index contributed by atoms with van der Waals surface area (Å²) in [6.07, 6.45) is -2.80. The van der Waals surface area contributed by atoms with Crippen LogP contribution in [0.4, 0.5) is 18.9 Å². The minimum Gasteiger partial charge on any atom is -0.282 e. The quantitative estimate of drug-likeness (QED) is 0.514. The highest BCUT2D eigenvalue weighted by atomic mass is 19.4. The third-order valence-corrected chi connectivity index (χ3v) is 1.72. The van der Waals surface area contributed by atoms with E-state index in [4.69, 9.17) is 5.26 Å². The lowest BCUT2D eigenvalue weighted by Gasteiger charge is -2.16. The van der Waals surface area contributed by atoms with Crippen molar-refractivity contribution >= 4 is 5.69 Å². The van der Waals surface area contributed by atoms with Crippen molar-refractivity contribution in [1.29, 1.82) is 5.26 Å². The molecule has 0 bridgehead atoms. The Morgan fingerprint density at radius 2 is 1.86 bits per heavy atom. The van der Waals surface area contributed by atoms with Crippen LogP contribution in [0.5, 0.6) is 0 Å². The molecule has 74 valence electrons. The van der Waals surface area contributed by atoms with E-state index in [1.807, 2.05) is 0 Å². The van der Waals surface area contributed by atoms with Gasteiger partial charge in [0.15, 0.2) is 6.19 Å². The second-order valence-electron chi connectivity index (χ2n) is 2.67. The van der Waals surface area contributed by atoms with Gasteiger partial charge in [-0.05, 0) is 12.1 Å². The van der Waals surface area contributed by atoms with Crippen LogP contribution >= 0.6 is 0 Å². The number of nitriles is 1. The second kappa shape index (κ2) is 3.58. The number of para-hydroxylation sites is 1. The first kappa shape index (κ1) is 10.4. The average Bonchev–Trinajstić information content (AvgIpc) is 2.15. The summed E-state index contributed by atoms with van der Waals surface area (Å²) in [4.78, 5) is 0.878. The molecule has 0 saturated carbocycles. The highest BCUT2D eigenvalue weighted by Gasteiger charge is 2.34. The molecule has 1 aromatic rings. The third-order valence-electron chi connectivity index (χ3n) is 1.72. The molecule has 0 aliphatic heterocycles. The van der Waals surface area contributed by atoms with Gasteiger partial charge in [-0.25, -0.2) is 0 Å². The van der Waals surface area contributed by atoms with Crippen LogP contribution in [0.1, 0.15) is 5.56 Å². The largest absolute Gasteiger partial charge is 0.418 e. The van der Waals surface area contributed by atoms with Crippen LogP contribution in [0, 0.1) is 11.5 Å². The van der Waals surface area contributed by atoms with Crippen LogP contribution in [0.25, 0.3) is 0 Å². The van der Waals surface area contributed by atoms with Crippen LogP contribution in [-0.4, -0.2) is 7.05 Å². The van der Waals surface area contributed by atoms with Crippen molar-refractivity contribution in [3.8, 4) is 6.19 Å². The maximum atomic E-state index is 12.4. The predicted molar refractivity (Wildman–Crippen MR) is 45.5 cm³/mol. The summed E-state index contributed by atoms with van der Waals surface area (Å²) in [6, 6.07) is 4.95. The number of hydrogen-bond acceptors (Lipinski definition) is 2. The van der Waals surface area contributed by atoms with Gasteiger partial charge >= 0.3 is 6.18 Å². The predicted octanol–water partition coefficient (Wildman–Crippen LogP) is 2.62. The first-order chi connectivity index (χ1) is 6.46. The Balaban J connectivity index is 3.25. The molecule has 0 spiro atoms. The molecule has 0 aliphatic rings. The fourth-order valence-electron chi connectivity index (χ4n) is 1.06. The molecule has 0 unspecified atom stereocenters. The number of rotatable bonds is 1. The van der Waals surface area contributed by atoms with Gasteiger partial charge in [-0.2, -0.15) is 18.4 Å². The average molecular weight is 200 g/mol. The van der Waals surface area contributed by atoms with Gasteiger partial charge in [0.05, 0.1) is 11.3 Å². The molecule has 0 fully saturated rings. The van der Waals surface area contributed by atoms with E-state index in [-0.39, 0.29) is 5.69 Å². The molecule has 1 aromatic carbocycles. The van der Waals surface area contributed by atoms with Gasteiger partial charge in [-0.3, -0.25) is 4.90 Å². The molecule has 0 N–H and O–H groups in total. The van der Waals surface area contributed by atoms with E-state index in [0.29, 0.717) is 0 Å². The second-order valence-corrected chi connectivity index (χ2v) is 2.67. The molecular weight excluding hydrogens is 193 g/mol. The lowest BCUT2D eigenvalue weighted by atomic mass is 10.1. The van der Waals surface area contributed by atoms with Crippen molar-refractivity contribution in [2.45, 2.75) is 6.18 Å². The Morgan fingerprint density at radius 1 is 1.29 bits per heavy atom. The Labute approximate surface area is 79.2 Å². The van der Waals surface area contributed by atoms with E-state index < -0.39 is 11.7 Å². The first-order valence-corrected chi connectivity index (χ1v) is 3.76. The summed E-state index contributed by atoms with van der Waals surface area (Å²) in [6.45, 7) is 0. The van der Waals surface area contributed by atoms with Gasteiger partial charge in [0.25, 0.3) is 0 Å². The number of anilines is 1. The Bertz CT molecular complexity index is 365. The van der Waals surface area contributed by atoms with E-state index in [0.717, 1.165) is 11.0 Å². The molecule has 0 atom stereocenters. The van der Waals surface area contributed by atoms with Crippen LogP contribution < -0.4 is 4.90 Å². The normalized spacial score (nSPS) is 10.8. The Morgan fingerprint density at radius 3 is 2.36 bits per heavy atom. The highest BCUT2D eigenvalue weighted by molar-refractivity contribution is 5.57. The highest BCUT2D eigenvalue weighted by Crippen LogP contribution is 2.35. The molecule has 0 heterocycles. The smallest absolute Gasteiger partial charge is 0.282 e. The van der Waals surface area contributed by atoms with Crippen molar-refractivity contribution in [2.24, 2.45) is 0 Å². The molecule has 0 aromatic heterocycles. The first-order valence-electron chi connectivity index (χ1n) is 3.76. The van der Waals surface area contributed by atoms with E-state index in [2.05, 4.69) is 0 Å². The summed E-state index contributed by atoms with van der Waals surface area (Å²) in [5.74, 6) is 0. The van der Waals surface area contributed by atoms with Gasteiger partial charge in [0.2, 0.25) is 0 Å². The molecule has 0 radical (unpaired) electrons. The molecule has 0 saturated heterocycles. The van der Waals surface area contributed by atoms with Crippen LogP contribution in [-0.2, 0) is 6.18 Å². The van der Waals surface area contributed by atoms with Crippen molar-refractivity contribution in [3.63, 3.8) is 0 Å². The number of hydrogen-bond donors (Lipinski definition) is 0. The summed E-state index contributed by atoms with van der Waals surface area (Å²) in [5, 5.41) is 8.49. The number of benzene rings is 1. The van der Waals surface area contributed by atoms with E-state index in [1.54, 1.807) is 6.19 Å². The zero-order chi connectivity index (χ0) is 10.8. The fourth-order valence-corrected chi connectivity index (χ4v) is 1.06. The molecule has 0 aliphatic carbocycles. The number of alkyl halides is 3. The zero-order valence-electron chi connectivity index (χ0n) is 7.34. The van der Waals surface area contributed by atoms with Gasteiger partial charge in [-0.1, -0.05) is 12.1 Å². The molecule has 1 rings (SSSR count). The maximum absolute atomic E-state index is 12.4. The summed E-state index contributed by atoms with van der Waals surface area (Å²) < 4.78 is 37.2. The maximum Gasteiger partial charge on any atom is 0.418 e. The molecule has 0 amide bonds. The van der Waals surface area contributed by atoms with Crippen LogP contribution in [0.2, 0.25) is 0 Å². The van der Waals surface area contributed by atoms with Gasteiger partial charge in [0, 0.05) is 7.05 Å². The van der Waals surface area contributed by atoms with Crippen molar-refractivity contribution in [3.05, 3.63) is 29.8 Å². The molecule has 5 heteroatoms. The lowest BCUT2D eigenvalue weighted by molar-refractivity contribution is -0.137. The van der Waals surface area contributed by atoms with Gasteiger partial charge in [0.1, 0.15) is 0 Å². The number of halogens is 3. The van der Waals surface area contributed by atoms with E-state index in [9.17, 15) is 13.2 Å². The number of nitrogens with zero attached hydrogens (tertiary/aromatic N) is 2. The minimum absolute atomic E-state index is 0.137. The monoisotopic (exact) mass is 200 g/mol. The Hall–Kier alpha value is -1.70. The van der Waals surface area contributed by atoms with Crippen molar-refractivity contribution in [1.82, 2.24) is 0 Å².